The molecule has 0 fully saturated rings. The molecule has 0 unspecified atom stereocenters. The summed E-state index contributed by atoms with van der Waals surface area (Å²) < 4.78 is 2.05. The SMILES string of the molecule is CCCCc1cc(C)n(-c2ccc(CC)cc2)n1. The summed E-state index contributed by atoms with van der Waals surface area (Å²) in [5.41, 5.74) is 4.95. The molecule has 0 bridgehead atoms. The summed E-state index contributed by atoms with van der Waals surface area (Å²) in [5.74, 6) is 0. The van der Waals surface area contributed by atoms with Crippen molar-refractivity contribution in [1.82, 2.24) is 9.78 Å². The molecular formula is C16H22N2. The Hall–Kier alpha value is -1.57. The van der Waals surface area contributed by atoms with E-state index in [0.29, 0.717) is 0 Å². The maximum absolute atomic E-state index is 4.69. The quantitative estimate of drug-likeness (QED) is 0.772. The fraction of sp³-hybridized carbons (Fsp3) is 0.438. The smallest absolute Gasteiger partial charge is 0.0648 e. The van der Waals surface area contributed by atoms with Crippen LogP contribution in [0.2, 0.25) is 0 Å². The van der Waals surface area contributed by atoms with Crippen LogP contribution in [0.25, 0.3) is 5.69 Å². The van der Waals surface area contributed by atoms with E-state index in [1.54, 1.807) is 0 Å². The molecule has 2 rings (SSSR count). The molecule has 1 aromatic heterocycles. The first-order valence-electron chi connectivity index (χ1n) is 6.89. The number of aryl methyl sites for hydroxylation is 3. The zero-order valence-electron chi connectivity index (χ0n) is 11.6. The number of nitrogens with zero attached hydrogens (tertiary/aromatic N) is 2. The lowest BCUT2D eigenvalue weighted by Gasteiger charge is -2.05. The Balaban J connectivity index is 2.23. The van der Waals surface area contributed by atoms with E-state index in [4.69, 9.17) is 0 Å². The van der Waals surface area contributed by atoms with Gasteiger partial charge in [0.1, 0.15) is 0 Å². The summed E-state index contributed by atoms with van der Waals surface area (Å²) in [5, 5.41) is 4.69. The average Bonchev–Trinajstić information content (AvgIpc) is 2.78. The predicted molar refractivity (Wildman–Crippen MR) is 76.3 cm³/mol. The fourth-order valence-electron chi connectivity index (χ4n) is 2.15. The van der Waals surface area contributed by atoms with Crippen LogP contribution in [-0.4, -0.2) is 9.78 Å². The van der Waals surface area contributed by atoms with Crippen LogP contribution in [-0.2, 0) is 12.8 Å². The lowest BCUT2D eigenvalue weighted by atomic mass is 10.1. The molecule has 0 saturated carbocycles. The summed E-state index contributed by atoms with van der Waals surface area (Å²) in [7, 11) is 0. The molecule has 2 aromatic rings. The van der Waals surface area contributed by atoms with E-state index >= 15 is 0 Å². The first kappa shape index (κ1) is 12.9. The highest BCUT2D eigenvalue weighted by atomic mass is 15.3. The summed E-state index contributed by atoms with van der Waals surface area (Å²) in [4.78, 5) is 0. The fourth-order valence-corrected chi connectivity index (χ4v) is 2.15. The van der Waals surface area contributed by atoms with Gasteiger partial charge in [-0.1, -0.05) is 32.4 Å². The third kappa shape index (κ3) is 2.81. The molecule has 96 valence electrons. The van der Waals surface area contributed by atoms with Crippen LogP contribution >= 0.6 is 0 Å². The average molecular weight is 242 g/mol. The largest absolute Gasteiger partial charge is 0.238 e. The van der Waals surface area contributed by atoms with Crippen LogP contribution in [0.1, 0.15) is 43.6 Å². The van der Waals surface area contributed by atoms with Gasteiger partial charge in [-0.15, -0.1) is 0 Å². The highest BCUT2D eigenvalue weighted by Crippen LogP contribution is 2.14. The minimum Gasteiger partial charge on any atom is -0.238 e. The van der Waals surface area contributed by atoms with E-state index < -0.39 is 0 Å². The highest BCUT2D eigenvalue weighted by Gasteiger charge is 2.05. The minimum absolute atomic E-state index is 1.08. The summed E-state index contributed by atoms with van der Waals surface area (Å²) >= 11 is 0. The third-order valence-electron chi connectivity index (χ3n) is 3.31. The van der Waals surface area contributed by atoms with Gasteiger partial charge < -0.3 is 0 Å². The van der Waals surface area contributed by atoms with Gasteiger partial charge >= 0.3 is 0 Å². The number of hydrogen-bond donors (Lipinski definition) is 0. The van der Waals surface area contributed by atoms with Gasteiger partial charge in [0.25, 0.3) is 0 Å². The Kier molecular flexibility index (Phi) is 4.19. The number of benzene rings is 1. The van der Waals surface area contributed by atoms with Gasteiger partial charge in [0, 0.05) is 5.69 Å². The van der Waals surface area contributed by atoms with Gasteiger partial charge in [-0.3, -0.25) is 0 Å². The van der Waals surface area contributed by atoms with E-state index in [0.717, 1.165) is 18.5 Å². The van der Waals surface area contributed by atoms with Crippen LogP contribution < -0.4 is 0 Å². The molecular weight excluding hydrogens is 220 g/mol. The Bertz CT molecular complexity index is 494. The summed E-state index contributed by atoms with van der Waals surface area (Å²) in [6.07, 6.45) is 4.60. The number of unbranched alkanes of at least 4 members (excludes halogenated alkanes) is 1. The Labute approximate surface area is 110 Å². The number of aromatic nitrogens is 2. The van der Waals surface area contributed by atoms with Crippen LogP contribution in [0.3, 0.4) is 0 Å². The zero-order chi connectivity index (χ0) is 13.0. The van der Waals surface area contributed by atoms with E-state index in [1.807, 2.05) is 4.68 Å². The third-order valence-corrected chi connectivity index (χ3v) is 3.31. The molecule has 1 aromatic carbocycles. The lowest BCUT2D eigenvalue weighted by molar-refractivity contribution is 0.748. The van der Waals surface area contributed by atoms with Gasteiger partial charge in [-0.05, 0) is 49.9 Å². The van der Waals surface area contributed by atoms with Crippen molar-refractivity contribution < 1.29 is 0 Å². The molecule has 0 radical (unpaired) electrons. The van der Waals surface area contributed by atoms with Gasteiger partial charge in [-0.25, -0.2) is 4.68 Å². The van der Waals surface area contributed by atoms with Crippen molar-refractivity contribution in [1.29, 1.82) is 0 Å². The monoisotopic (exact) mass is 242 g/mol. The molecule has 0 atom stereocenters. The maximum atomic E-state index is 4.69. The van der Waals surface area contributed by atoms with Gasteiger partial charge in [0.05, 0.1) is 11.4 Å². The van der Waals surface area contributed by atoms with Crippen molar-refractivity contribution in [3.05, 3.63) is 47.3 Å². The molecule has 0 aliphatic rings. The van der Waals surface area contributed by atoms with Crippen molar-refractivity contribution in [3.63, 3.8) is 0 Å². The van der Waals surface area contributed by atoms with E-state index in [-0.39, 0.29) is 0 Å². The Morgan fingerprint density at radius 2 is 1.83 bits per heavy atom. The van der Waals surface area contributed by atoms with Gasteiger partial charge in [-0.2, -0.15) is 5.10 Å². The van der Waals surface area contributed by atoms with Crippen molar-refractivity contribution in [3.8, 4) is 5.69 Å². The first-order valence-corrected chi connectivity index (χ1v) is 6.89. The second-order valence-corrected chi connectivity index (χ2v) is 4.81. The molecule has 0 N–H and O–H groups in total. The van der Waals surface area contributed by atoms with Crippen LogP contribution in [0.15, 0.2) is 30.3 Å². The lowest BCUT2D eigenvalue weighted by Crippen LogP contribution is -1.99. The number of rotatable bonds is 5. The molecule has 1 heterocycles. The van der Waals surface area contributed by atoms with Crippen molar-refractivity contribution in [2.24, 2.45) is 0 Å². The minimum atomic E-state index is 1.08. The Morgan fingerprint density at radius 1 is 1.11 bits per heavy atom. The first-order chi connectivity index (χ1) is 8.74. The molecule has 2 heteroatoms. The highest BCUT2D eigenvalue weighted by molar-refractivity contribution is 5.36. The topological polar surface area (TPSA) is 17.8 Å². The number of hydrogen-bond acceptors (Lipinski definition) is 1. The predicted octanol–water partition coefficient (Wildman–Crippen LogP) is 4.09. The van der Waals surface area contributed by atoms with E-state index in [1.165, 1.54) is 29.8 Å². The van der Waals surface area contributed by atoms with Gasteiger partial charge in [0.15, 0.2) is 0 Å². The van der Waals surface area contributed by atoms with Crippen molar-refractivity contribution >= 4 is 0 Å². The van der Waals surface area contributed by atoms with Crippen molar-refractivity contribution in [2.45, 2.75) is 46.5 Å². The van der Waals surface area contributed by atoms with Crippen LogP contribution in [0.4, 0.5) is 0 Å². The van der Waals surface area contributed by atoms with E-state index in [2.05, 4.69) is 56.2 Å². The standard InChI is InChI=1S/C16H22N2/c1-4-6-7-15-12-13(3)18(17-15)16-10-8-14(5-2)9-11-16/h8-12H,4-7H2,1-3H3. The molecule has 0 aliphatic heterocycles. The second kappa shape index (κ2) is 5.85. The van der Waals surface area contributed by atoms with Crippen LogP contribution in [0.5, 0.6) is 0 Å². The summed E-state index contributed by atoms with van der Waals surface area (Å²) in [6, 6.07) is 10.9. The van der Waals surface area contributed by atoms with Gasteiger partial charge in [0.2, 0.25) is 0 Å². The zero-order valence-corrected chi connectivity index (χ0v) is 11.6. The maximum Gasteiger partial charge on any atom is 0.0648 e. The molecule has 2 nitrogen and oxygen atoms in total. The molecule has 0 aliphatic carbocycles. The molecule has 0 saturated heterocycles. The normalized spacial score (nSPS) is 10.8. The summed E-state index contributed by atoms with van der Waals surface area (Å²) in [6.45, 7) is 6.51. The van der Waals surface area contributed by atoms with Crippen molar-refractivity contribution in [2.75, 3.05) is 0 Å². The Morgan fingerprint density at radius 3 is 2.44 bits per heavy atom. The van der Waals surface area contributed by atoms with Crippen LogP contribution in [0, 0.1) is 6.92 Å². The molecule has 0 amide bonds. The van der Waals surface area contributed by atoms with E-state index in [9.17, 15) is 0 Å². The molecule has 0 spiro atoms. The molecule has 18 heavy (non-hydrogen) atoms. The second-order valence-electron chi connectivity index (χ2n) is 4.81.